The van der Waals surface area contributed by atoms with Gasteiger partial charge < -0.3 is 0 Å². The van der Waals surface area contributed by atoms with Gasteiger partial charge in [0, 0.05) is 9.79 Å². The Bertz CT molecular complexity index is 243. The van der Waals surface area contributed by atoms with Gasteiger partial charge in [0.1, 0.15) is 0 Å². The monoisotopic (exact) mass is 184 g/mol. The van der Waals surface area contributed by atoms with Crippen LogP contribution in [0.5, 0.6) is 0 Å². The van der Waals surface area contributed by atoms with Crippen LogP contribution in [0.4, 0.5) is 0 Å². The summed E-state index contributed by atoms with van der Waals surface area (Å²) >= 11 is 8.64. The van der Waals surface area contributed by atoms with Crippen LogP contribution in [0.3, 0.4) is 0 Å². The van der Waals surface area contributed by atoms with Gasteiger partial charge in [-0.1, -0.05) is 13.0 Å². The fraction of sp³-hybridized carbons (Fsp3) is 0.333. The van der Waals surface area contributed by atoms with Gasteiger partial charge in [0.25, 0.3) is 0 Å². The molecule has 0 unspecified atom stereocenters. The number of aryl methyl sites for hydroxylation is 2. The van der Waals surface area contributed by atoms with Crippen molar-refractivity contribution in [3.8, 4) is 0 Å². The van der Waals surface area contributed by atoms with Crippen LogP contribution in [0.15, 0.2) is 21.9 Å². The maximum absolute atomic E-state index is 4.32. The molecule has 1 aromatic carbocycles. The highest BCUT2D eigenvalue weighted by Crippen LogP contribution is 2.23. The highest BCUT2D eigenvalue weighted by molar-refractivity contribution is 7.83. The van der Waals surface area contributed by atoms with E-state index in [0.29, 0.717) is 0 Å². The quantitative estimate of drug-likeness (QED) is 0.616. The Kier molecular flexibility index (Phi) is 2.90. The lowest BCUT2D eigenvalue weighted by atomic mass is 10.1. The van der Waals surface area contributed by atoms with Gasteiger partial charge in [-0.15, -0.1) is 25.3 Å². The van der Waals surface area contributed by atoms with Crippen LogP contribution in [-0.4, -0.2) is 0 Å². The van der Waals surface area contributed by atoms with Gasteiger partial charge in [-0.3, -0.25) is 0 Å². The normalized spacial score (nSPS) is 10.2. The van der Waals surface area contributed by atoms with Crippen LogP contribution < -0.4 is 0 Å². The summed E-state index contributed by atoms with van der Waals surface area (Å²) in [5.41, 5.74) is 2.53. The fourth-order valence-electron chi connectivity index (χ4n) is 1.04. The van der Waals surface area contributed by atoms with Crippen molar-refractivity contribution < 1.29 is 0 Å². The van der Waals surface area contributed by atoms with E-state index in [2.05, 4.69) is 51.2 Å². The Labute approximate surface area is 78.8 Å². The number of hydrogen-bond donors (Lipinski definition) is 2. The molecule has 0 fully saturated rings. The average Bonchev–Trinajstić information content (AvgIpc) is 1.99. The Balaban J connectivity index is 3.21. The molecule has 11 heavy (non-hydrogen) atoms. The van der Waals surface area contributed by atoms with Crippen LogP contribution in [-0.2, 0) is 6.42 Å². The molecule has 0 N–H and O–H groups in total. The third-order valence-corrected chi connectivity index (χ3v) is 2.87. The lowest BCUT2D eigenvalue weighted by Gasteiger charge is -2.05. The molecule has 0 amide bonds. The molecule has 0 saturated carbocycles. The van der Waals surface area contributed by atoms with Crippen molar-refractivity contribution in [2.24, 2.45) is 0 Å². The van der Waals surface area contributed by atoms with Crippen molar-refractivity contribution in [2.75, 3.05) is 0 Å². The molecule has 0 radical (unpaired) electrons. The van der Waals surface area contributed by atoms with E-state index in [4.69, 9.17) is 0 Å². The largest absolute Gasteiger partial charge is 0.142 e. The van der Waals surface area contributed by atoms with Gasteiger partial charge >= 0.3 is 0 Å². The van der Waals surface area contributed by atoms with Crippen molar-refractivity contribution in [3.63, 3.8) is 0 Å². The predicted molar refractivity (Wildman–Crippen MR) is 55.1 cm³/mol. The summed E-state index contributed by atoms with van der Waals surface area (Å²) < 4.78 is 0. The first-order chi connectivity index (χ1) is 5.15. The maximum Gasteiger partial charge on any atom is 0.0203 e. The molecule has 0 aromatic heterocycles. The number of rotatable bonds is 1. The van der Waals surface area contributed by atoms with Gasteiger partial charge in [0.15, 0.2) is 0 Å². The Morgan fingerprint density at radius 1 is 1.27 bits per heavy atom. The molecule has 0 nitrogen and oxygen atoms in total. The summed E-state index contributed by atoms with van der Waals surface area (Å²) in [5, 5.41) is 0. The third kappa shape index (κ3) is 1.94. The maximum atomic E-state index is 4.32. The van der Waals surface area contributed by atoms with Crippen molar-refractivity contribution >= 4 is 25.3 Å². The van der Waals surface area contributed by atoms with E-state index >= 15 is 0 Å². The summed E-state index contributed by atoms with van der Waals surface area (Å²) in [6, 6.07) is 4.22. The van der Waals surface area contributed by atoms with Crippen molar-refractivity contribution in [2.45, 2.75) is 30.1 Å². The molecule has 0 saturated heterocycles. The lowest BCUT2D eigenvalue weighted by Crippen LogP contribution is -1.85. The van der Waals surface area contributed by atoms with Crippen LogP contribution in [0.1, 0.15) is 18.1 Å². The SMILES string of the molecule is CCc1cc(C)c(S)c(S)c1. The first-order valence-corrected chi connectivity index (χ1v) is 4.56. The molecule has 1 aromatic rings. The van der Waals surface area contributed by atoms with E-state index in [1.807, 2.05) is 0 Å². The van der Waals surface area contributed by atoms with Crippen LogP contribution in [0.2, 0.25) is 0 Å². The van der Waals surface area contributed by atoms with Gasteiger partial charge in [0.2, 0.25) is 0 Å². The molecular weight excluding hydrogens is 172 g/mol. The summed E-state index contributed by atoms with van der Waals surface area (Å²) in [5.74, 6) is 0. The molecule has 0 aliphatic rings. The fourth-order valence-corrected chi connectivity index (χ4v) is 1.51. The zero-order valence-corrected chi connectivity index (χ0v) is 8.55. The third-order valence-electron chi connectivity index (χ3n) is 1.75. The minimum absolute atomic E-state index is 0.977. The second-order valence-corrected chi connectivity index (χ2v) is 3.56. The van der Waals surface area contributed by atoms with Crippen LogP contribution in [0, 0.1) is 6.92 Å². The van der Waals surface area contributed by atoms with E-state index in [-0.39, 0.29) is 0 Å². The number of thiol groups is 2. The summed E-state index contributed by atoms with van der Waals surface area (Å²) in [7, 11) is 0. The Hall–Kier alpha value is -0.0800. The zero-order valence-electron chi connectivity index (χ0n) is 6.76. The molecule has 0 bridgehead atoms. The van der Waals surface area contributed by atoms with E-state index in [0.717, 1.165) is 16.2 Å². The van der Waals surface area contributed by atoms with Gasteiger partial charge in [-0.2, -0.15) is 0 Å². The zero-order chi connectivity index (χ0) is 8.43. The van der Waals surface area contributed by atoms with E-state index in [9.17, 15) is 0 Å². The van der Waals surface area contributed by atoms with Crippen molar-refractivity contribution in [1.82, 2.24) is 0 Å². The standard InChI is InChI=1S/C9H12S2/c1-3-7-4-6(2)9(11)8(10)5-7/h4-5,10-11H,3H2,1-2H3. The Morgan fingerprint density at radius 3 is 2.36 bits per heavy atom. The Morgan fingerprint density at radius 2 is 1.91 bits per heavy atom. The first kappa shape index (κ1) is 9.01. The topological polar surface area (TPSA) is 0 Å². The highest BCUT2D eigenvalue weighted by atomic mass is 32.1. The first-order valence-electron chi connectivity index (χ1n) is 3.66. The number of hydrogen-bond acceptors (Lipinski definition) is 2. The van der Waals surface area contributed by atoms with E-state index in [1.54, 1.807) is 0 Å². The molecular formula is C9H12S2. The molecule has 0 heterocycles. The van der Waals surface area contributed by atoms with Crippen LogP contribution in [0.25, 0.3) is 0 Å². The van der Waals surface area contributed by atoms with Crippen LogP contribution >= 0.6 is 25.3 Å². The van der Waals surface area contributed by atoms with Gasteiger partial charge in [-0.05, 0) is 30.5 Å². The van der Waals surface area contributed by atoms with E-state index < -0.39 is 0 Å². The minimum Gasteiger partial charge on any atom is -0.142 e. The molecule has 0 atom stereocenters. The molecule has 0 spiro atoms. The highest BCUT2D eigenvalue weighted by Gasteiger charge is 1.99. The minimum atomic E-state index is 0.977. The molecule has 0 aliphatic carbocycles. The van der Waals surface area contributed by atoms with Gasteiger partial charge in [0.05, 0.1) is 0 Å². The number of benzene rings is 1. The smallest absolute Gasteiger partial charge is 0.0203 e. The molecule has 2 heteroatoms. The molecule has 1 rings (SSSR count). The lowest BCUT2D eigenvalue weighted by molar-refractivity contribution is 1.07. The summed E-state index contributed by atoms with van der Waals surface area (Å²) in [6.45, 7) is 4.20. The second-order valence-electron chi connectivity index (χ2n) is 2.63. The molecule has 0 aliphatic heterocycles. The predicted octanol–water partition coefficient (Wildman–Crippen LogP) is 3.13. The average molecular weight is 184 g/mol. The van der Waals surface area contributed by atoms with Crippen molar-refractivity contribution in [1.29, 1.82) is 0 Å². The van der Waals surface area contributed by atoms with Gasteiger partial charge in [-0.25, -0.2) is 0 Å². The molecule has 60 valence electrons. The summed E-state index contributed by atoms with van der Waals surface area (Å²) in [4.78, 5) is 1.97. The van der Waals surface area contributed by atoms with E-state index in [1.165, 1.54) is 11.1 Å². The van der Waals surface area contributed by atoms with Crippen molar-refractivity contribution in [3.05, 3.63) is 23.3 Å². The second kappa shape index (κ2) is 3.55. The summed E-state index contributed by atoms with van der Waals surface area (Å²) in [6.07, 6.45) is 1.06.